The number of pyridine rings is 1. The van der Waals surface area contributed by atoms with E-state index in [0.29, 0.717) is 47.2 Å². The quantitative estimate of drug-likeness (QED) is 0.321. The number of aromatic nitrogens is 1. The SMILES string of the molecule is CCOC(=O)c1c(C)nc(C)c(C(=O)OCC)c1-c1ccc(OCc2ccc(C)cc2)c(OCC)c1. The molecule has 0 aliphatic heterocycles. The molecule has 190 valence electrons. The van der Waals surface area contributed by atoms with Gasteiger partial charge in [-0.25, -0.2) is 9.59 Å². The number of hydrogen-bond acceptors (Lipinski definition) is 7. The highest BCUT2D eigenvalue weighted by molar-refractivity contribution is 6.07. The molecule has 1 heterocycles. The standard InChI is InChI=1S/C29H33NO6/c1-7-33-24-16-22(14-15-23(24)36-17-21-12-10-18(4)11-13-21)27-25(28(31)34-8-2)19(5)30-20(6)26(27)29(32)35-9-3/h10-16H,7-9,17H2,1-6H3. The summed E-state index contributed by atoms with van der Waals surface area (Å²) in [6.45, 7) is 12.0. The van der Waals surface area contributed by atoms with Crippen LogP contribution in [0.25, 0.3) is 11.1 Å². The van der Waals surface area contributed by atoms with Gasteiger partial charge in [0.2, 0.25) is 0 Å². The maximum atomic E-state index is 13.0. The van der Waals surface area contributed by atoms with Crippen LogP contribution in [0.1, 0.15) is 64.0 Å². The minimum Gasteiger partial charge on any atom is -0.490 e. The van der Waals surface area contributed by atoms with Crippen LogP contribution in [0.2, 0.25) is 0 Å². The molecule has 0 N–H and O–H groups in total. The molecule has 0 aliphatic rings. The first-order chi connectivity index (χ1) is 17.3. The second-order valence-electron chi connectivity index (χ2n) is 8.22. The normalized spacial score (nSPS) is 10.6. The van der Waals surface area contributed by atoms with Crippen LogP contribution in [0.3, 0.4) is 0 Å². The van der Waals surface area contributed by atoms with Crippen LogP contribution < -0.4 is 9.47 Å². The van der Waals surface area contributed by atoms with Gasteiger partial charge in [0, 0.05) is 5.56 Å². The second-order valence-corrected chi connectivity index (χ2v) is 8.22. The van der Waals surface area contributed by atoms with Crippen LogP contribution in [0.5, 0.6) is 11.5 Å². The third-order valence-corrected chi connectivity index (χ3v) is 5.57. The van der Waals surface area contributed by atoms with Crippen LogP contribution in [-0.2, 0) is 16.1 Å². The first-order valence-corrected chi connectivity index (χ1v) is 12.1. The van der Waals surface area contributed by atoms with Gasteiger partial charge in [-0.3, -0.25) is 4.98 Å². The molecule has 3 aromatic rings. The van der Waals surface area contributed by atoms with Crippen molar-refractivity contribution in [1.82, 2.24) is 4.98 Å². The molecule has 1 aromatic heterocycles. The molecule has 0 saturated heterocycles. The topological polar surface area (TPSA) is 84.0 Å². The summed E-state index contributed by atoms with van der Waals surface area (Å²) in [7, 11) is 0. The first-order valence-electron chi connectivity index (χ1n) is 12.1. The van der Waals surface area contributed by atoms with E-state index in [1.165, 1.54) is 5.56 Å². The van der Waals surface area contributed by atoms with Crippen LogP contribution in [0, 0.1) is 20.8 Å². The minimum absolute atomic E-state index is 0.191. The van der Waals surface area contributed by atoms with Gasteiger partial charge >= 0.3 is 11.9 Å². The third kappa shape index (κ3) is 6.03. The predicted octanol–water partition coefficient (Wildman–Crippen LogP) is 6.00. The van der Waals surface area contributed by atoms with Crippen molar-refractivity contribution in [1.29, 1.82) is 0 Å². The van der Waals surface area contributed by atoms with E-state index in [9.17, 15) is 9.59 Å². The van der Waals surface area contributed by atoms with Crippen molar-refractivity contribution in [2.75, 3.05) is 19.8 Å². The average Bonchev–Trinajstić information content (AvgIpc) is 2.84. The molecular formula is C29H33NO6. The van der Waals surface area contributed by atoms with Crippen molar-refractivity contribution >= 4 is 11.9 Å². The molecule has 7 nitrogen and oxygen atoms in total. The molecule has 0 bridgehead atoms. The van der Waals surface area contributed by atoms with Crippen molar-refractivity contribution in [3.05, 3.63) is 76.1 Å². The summed E-state index contributed by atoms with van der Waals surface area (Å²) in [5.74, 6) is -0.0562. The fourth-order valence-electron chi connectivity index (χ4n) is 3.94. The van der Waals surface area contributed by atoms with E-state index in [1.807, 2.05) is 38.1 Å². The summed E-state index contributed by atoms with van der Waals surface area (Å²) in [6.07, 6.45) is 0. The van der Waals surface area contributed by atoms with Gasteiger partial charge in [0.25, 0.3) is 0 Å². The molecule has 0 aliphatic carbocycles. The van der Waals surface area contributed by atoms with Crippen molar-refractivity contribution < 1.29 is 28.5 Å². The van der Waals surface area contributed by atoms with Crippen molar-refractivity contribution in [2.45, 2.75) is 48.1 Å². The monoisotopic (exact) mass is 491 g/mol. The van der Waals surface area contributed by atoms with E-state index < -0.39 is 11.9 Å². The van der Waals surface area contributed by atoms with Gasteiger partial charge in [-0.1, -0.05) is 35.9 Å². The Hall–Kier alpha value is -3.87. The van der Waals surface area contributed by atoms with E-state index in [1.54, 1.807) is 45.9 Å². The van der Waals surface area contributed by atoms with Gasteiger partial charge in [-0.05, 0) is 64.8 Å². The van der Waals surface area contributed by atoms with E-state index in [4.69, 9.17) is 18.9 Å². The van der Waals surface area contributed by atoms with E-state index >= 15 is 0 Å². The molecule has 0 spiro atoms. The lowest BCUT2D eigenvalue weighted by Gasteiger charge is -2.19. The lowest BCUT2D eigenvalue weighted by Crippen LogP contribution is -2.17. The highest BCUT2D eigenvalue weighted by Gasteiger charge is 2.28. The van der Waals surface area contributed by atoms with Gasteiger partial charge in [-0.2, -0.15) is 0 Å². The highest BCUT2D eigenvalue weighted by Crippen LogP contribution is 2.38. The number of rotatable bonds is 10. The van der Waals surface area contributed by atoms with Crippen LogP contribution >= 0.6 is 0 Å². The summed E-state index contributed by atoms with van der Waals surface area (Å²) < 4.78 is 22.6. The second kappa shape index (κ2) is 12.2. The molecule has 0 atom stereocenters. The Bertz CT molecular complexity index is 1190. The van der Waals surface area contributed by atoms with Gasteiger partial charge in [-0.15, -0.1) is 0 Å². The van der Waals surface area contributed by atoms with Crippen LogP contribution in [0.4, 0.5) is 0 Å². The molecule has 0 fully saturated rings. The number of carbonyl (C=O) groups excluding carboxylic acids is 2. The van der Waals surface area contributed by atoms with E-state index in [2.05, 4.69) is 4.98 Å². The summed E-state index contributed by atoms with van der Waals surface area (Å²) in [4.78, 5) is 30.4. The molecule has 0 unspecified atom stereocenters. The molecule has 0 radical (unpaired) electrons. The van der Waals surface area contributed by atoms with Crippen LogP contribution in [0.15, 0.2) is 42.5 Å². The molecular weight excluding hydrogens is 458 g/mol. The number of carbonyl (C=O) groups is 2. The number of esters is 2. The Balaban J connectivity index is 2.14. The first kappa shape index (κ1) is 26.7. The molecule has 0 saturated carbocycles. The summed E-state index contributed by atoms with van der Waals surface area (Å²) >= 11 is 0. The lowest BCUT2D eigenvalue weighted by atomic mass is 9.92. The summed E-state index contributed by atoms with van der Waals surface area (Å²) in [5, 5.41) is 0. The molecule has 36 heavy (non-hydrogen) atoms. The zero-order valence-electron chi connectivity index (χ0n) is 21.8. The Morgan fingerprint density at radius 2 is 1.31 bits per heavy atom. The number of aryl methyl sites for hydroxylation is 3. The Kier molecular flexibility index (Phi) is 9.06. The number of ether oxygens (including phenoxy) is 4. The average molecular weight is 492 g/mol. The molecule has 3 rings (SSSR count). The van der Waals surface area contributed by atoms with E-state index in [0.717, 1.165) is 5.56 Å². The van der Waals surface area contributed by atoms with Crippen LogP contribution in [-0.4, -0.2) is 36.7 Å². The fourth-order valence-corrected chi connectivity index (χ4v) is 3.94. The highest BCUT2D eigenvalue weighted by atomic mass is 16.5. The summed E-state index contributed by atoms with van der Waals surface area (Å²) in [5.41, 5.74) is 4.59. The fraction of sp³-hybridized carbons (Fsp3) is 0.345. The Labute approximate surface area is 212 Å². The largest absolute Gasteiger partial charge is 0.490 e. The van der Waals surface area contributed by atoms with Gasteiger partial charge in [0.05, 0.1) is 42.3 Å². The Morgan fingerprint density at radius 3 is 1.83 bits per heavy atom. The summed E-state index contributed by atoms with van der Waals surface area (Å²) in [6, 6.07) is 13.5. The number of benzene rings is 2. The zero-order chi connectivity index (χ0) is 26.2. The van der Waals surface area contributed by atoms with E-state index in [-0.39, 0.29) is 24.3 Å². The molecule has 2 aromatic carbocycles. The molecule has 7 heteroatoms. The number of hydrogen-bond donors (Lipinski definition) is 0. The van der Waals surface area contributed by atoms with Gasteiger partial charge < -0.3 is 18.9 Å². The maximum Gasteiger partial charge on any atom is 0.340 e. The van der Waals surface area contributed by atoms with Gasteiger partial charge in [0.1, 0.15) is 6.61 Å². The van der Waals surface area contributed by atoms with Crippen molar-refractivity contribution in [3.8, 4) is 22.6 Å². The third-order valence-electron chi connectivity index (χ3n) is 5.57. The lowest BCUT2D eigenvalue weighted by molar-refractivity contribution is 0.0525. The minimum atomic E-state index is -0.555. The zero-order valence-corrected chi connectivity index (χ0v) is 21.8. The van der Waals surface area contributed by atoms with Crippen molar-refractivity contribution in [3.63, 3.8) is 0 Å². The smallest absolute Gasteiger partial charge is 0.340 e. The van der Waals surface area contributed by atoms with Gasteiger partial charge in [0.15, 0.2) is 11.5 Å². The van der Waals surface area contributed by atoms with Crippen molar-refractivity contribution in [2.24, 2.45) is 0 Å². The predicted molar refractivity (Wildman–Crippen MR) is 138 cm³/mol. The Morgan fingerprint density at radius 1 is 0.722 bits per heavy atom. The molecule has 0 amide bonds. The number of nitrogens with zero attached hydrogens (tertiary/aromatic N) is 1. The maximum absolute atomic E-state index is 13.0.